The maximum Gasteiger partial charge on any atom is 0.257 e. The number of hydrogen-bond donors (Lipinski definition) is 1. The fourth-order valence-corrected chi connectivity index (χ4v) is 8.23. The molecular weight excluding hydrogens is 540 g/mol. The van der Waals surface area contributed by atoms with Crippen molar-refractivity contribution in [1.82, 2.24) is 14.7 Å². The summed E-state index contributed by atoms with van der Waals surface area (Å²) < 4.78 is 16.2. The van der Waals surface area contributed by atoms with Gasteiger partial charge in [-0.05, 0) is 81.3 Å². The van der Waals surface area contributed by atoms with Gasteiger partial charge in [0, 0.05) is 28.2 Å². The van der Waals surface area contributed by atoms with Crippen LogP contribution in [0, 0.1) is 41.8 Å². The molecule has 0 bridgehead atoms. The Hall–Kier alpha value is -1.96. The van der Waals surface area contributed by atoms with Crippen LogP contribution in [-0.4, -0.2) is 44.1 Å². The lowest BCUT2D eigenvalue weighted by atomic mass is 9.76. The molecule has 3 aliphatic rings. The number of nitrogens with zero attached hydrogens (tertiary/aromatic N) is 3. The minimum atomic E-state index is -1.24. The first-order chi connectivity index (χ1) is 18.3. The highest BCUT2D eigenvalue weighted by Crippen LogP contribution is 2.67. The van der Waals surface area contributed by atoms with E-state index in [1.54, 1.807) is 18.0 Å². The molecule has 3 saturated carbocycles. The molecule has 1 heterocycles. The highest BCUT2D eigenvalue weighted by Gasteiger charge is 2.63. The number of aliphatic hydroxyl groups is 1. The van der Waals surface area contributed by atoms with Gasteiger partial charge in [0.15, 0.2) is 0 Å². The standard InChI is InChI=1S/C30H38Cl2FN3O3/c1-15-10-18(6-7-20(15)17(3)37)36-16(2)21(13-34-36)29(39)35(19-11-22-23(12-19)30(22,4)5)14-26(38)27-24(31)8-9-25(33)28(27)32/h8-9,13,15,18-20,22-23,26,38H,6-7,10-12,14H2,1-5H3/t15-,18+,19-,20+,22+,23-,26?/m1/s1. The van der Waals surface area contributed by atoms with Gasteiger partial charge in [0.2, 0.25) is 0 Å². The summed E-state index contributed by atoms with van der Waals surface area (Å²) in [5.41, 5.74) is 1.65. The van der Waals surface area contributed by atoms with Crippen LogP contribution >= 0.6 is 23.2 Å². The minimum Gasteiger partial charge on any atom is -0.386 e. The number of aliphatic hydroxyl groups excluding tert-OH is 1. The molecule has 2 aromatic rings. The Morgan fingerprint density at radius 2 is 1.87 bits per heavy atom. The zero-order valence-corrected chi connectivity index (χ0v) is 24.8. The highest BCUT2D eigenvalue weighted by atomic mass is 35.5. The molecule has 5 rings (SSSR count). The quantitative estimate of drug-likeness (QED) is 0.366. The van der Waals surface area contributed by atoms with Crippen molar-refractivity contribution in [2.24, 2.45) is 29.1 Å². The first kappa shape index (κ1) is 28.6. The molecule has 1 aromatic carbocycles. The van der Waals surface area contributed by atoms with E-state index in [1.165, 1.54) is 12.1 Å². The van der Waals surface area contributed by atoms with Crippen molar-refractivity contribution in [2.45, 2.75) is 84.9 Å². The average molecular weight is 579 g/mol. The lowest BCUT2D eigenvalue weighted by molar-refractivity contribution is -0.123. The first-order valence-corrected chi connectivity index (χ1v) is 14.7. The van der Waals surface area contributed by atoms with Crippen molar-refractivity contribution < 1.29 is 19.1 Å². The number of fused-ring (bicyclic) bond motifs is 1. The Kier molecular flexibility index (Phi) is 7.66. The monoisotopic (exact) mass is 577 g/mol. The fraction of sp³-hybridized carbons (Fsp3) is 0.633. The van der Waals surface area contributed by atoms with Crippen molar-refractivity contribution in [2.75, 3.05) is 6.54 Å². The SMILES string of the molecule is CC(=O)[C@H]1CC[C@H](n2ncc(C(=O)N(CC(O)c3c(Cl)ccc(F)c3Cl)[C@H]3C[C@@H]4[C@H](C3)C4(C)C)c2C)C[C@H]1C. The second-order valence-electron chi connectivity index (χ2n) is 12.6. The summed E-state index contributed by atoms with van der Waals surface area (Å²) in [4.78, 5) is 27.8. The van der Waals surface area contributed by atoms with Crippen LogP contribution in [0.2, 0.25) is 10.0 Å². The number of amides is 1. The second-order valence-corrected chi connectivity index (χ2v) is 13.4. The van der Waals surface area contributed by atoms with Gasteiger partial charge in [0.25, 0.3) is 5.91 Å². The second kappa shape index (κ2) is 10.5. The van der Waals surface area contributed by atoms with Gasteiger partial charge in [0.05, 0.1) is 35.5 Å². The van der Waals surface area contributed by atoms with Gasteiger partial charge in [-0.25, -0.2) is 4.39 Å². The predicted molar refractivity (Wildman–Crippen MR) is 149 cm³/mol. The minimum absolute atomic E-state index is 0.0440. The van der Waals surface area contributed by atoms with Gasteiger partial charge in [0.1, 0.15) is 11.6 Å². The molecular formula is C30H38Cl2FN3O3. The molecule has 39 heavy (non-hydrogen) atoms. The zero-order chi connectivity index (χ0) is 28.4. The molecule has 3 aliphatic carbocycles. The number of halogens is 3. The van der Waals surface area contributed by atoms with Crippen molar-refractivity contribution in [3.63, 3.8) is 0 Å². The van der Waals surface area contributed by atoms with Crippen molar-refractivity contribution >= 4 is 34.9 Å². The van der Waals surface area contributed by atoms with Gasteiger partial charge in [-0.1, -0.05) is 44.0 Å². The predicted octanol–water partition coefficient (Wildman–Crippen LogP) is 6.81. The fourth-order valence-electron chi connectivity index (χ4n) is 7.60. The van der Waals surface area contributed by atoms with Gasteiger partial charge < -0.3 is 10.0 Å². The van der Waals surface area contributed by atoms with Crippen LogP contribution in [0.4, 0.5) is 4.39 Å². The summed E-state index contributed by atoms with van der Waals surface area (Å²) in [6.45, 7) is 10.2. The van der Waals surface area contributed by atoms with Gasteiger partial charge in [-0.2, -0.15) is 5.10 Å². The summed E-state index contributed by atoms with van der Waals surface area (Å²) in [5.74, 6) is 0.786. The van der Waals surface area contributed by atoms with Crippen LogP contribution in [-0.2, 0) is 4.79 Å². The van der Waals surface area contributed by atoms with E-state index in [9.17, 15) is 19.1 Å². The average Bonchev–Trinajstić information content (AvgIpc) is 3.25. The third kappa shape index (κ3) is 5.04. The molecule has 1 aromatic heterocycles. The van der Waals surface area contributed by atoms with E-state index in [0.29, 0.717) is 17.4 Å². The summed E-state index contributed by atoms with van der Waals surface area (Å²) in [6.07, 6.45) is 4.60. The van der Waals surface area contributed by atoms with E-state index in [0.717, 1.165) is 37.8 Å². The van der Waals surface area contributed by atoms with Crippen LogP contribution in [0.15, 0.2) is 18.3 Å². The molecule has 3 fully saturated rings. The molecule has 0 spiro atoms. The number of carbonyl (C=O) groups is 2. The summed E-state index contributed by atoms with van der Waals surface area (Å²) in [7, 11) is 0. The number of benzene rings is 1. The molecule has 6 nitrogen and oxygen atoms in total. The topological polar surface area (TPSA) is 75.4 Å². The third-order valence-corrected chi connectivity index (χ3v) is 10.8. The number of ketones is 1. The number of Topliss-reactive ketones (excluding diaryl/α,β-unsaturated/α-hetero) is 1. The van der Waals surface area contributed by atoms with Crippen LogP contribution in [0.1, 0.15) is 93.6 Å². The molecule has 9 heteroatoms. The Morgan fingerprint density at radius 1 is 1.21 bits per heavy atom. The van der Waals surface area contributed by atoms with Crippen molar-refractivity contribution in [3.8, 4) is 0 Å². The molecule has 0 radical (unpaired) electrons. The molecule has 0 saturated heterocycles. The van der Waals surface area contributed by atoms with E-state index < -0.39 is 11.9 Å². The molecule has 1 amide bonds. The zero-order valence-electron chi connectivity index (χ0n) is 23.3. The van der Waals surface area contributed by atoms with E-state index in [1.807, 2.05) is 11.6 Å². The summed E-state index contributed by atoms with van der Waals surface area (Å²) in [5, 5.41) is 15.8. The number of hydrogen-bond acceptors (Lipinski definition) is 4. The van der Waals surface area contributed by atoms with Crippen LogP contribution in [0.5, 0.6) is 0 Å². The lowest BCUT2D eigenvalue weighted by Crippen LogP contribution is -2.43. The smallest absolute Gasteiger partial charge is 0.257 e. The van der Waals surface area contributed by atoms with E-state index in [4.69, 9.17) is 23.2 Å². The molecule has 1 unspecified atom stereocenters. The first-order valence-electron chi connectivity index (χ1n) is 14.0. The summed E-state index contributed by atoms with van der Waals surface area (Å²) >= 11 is 12.5. The van der Waals surface area contributed by atoms with E-state index in [2.05, 4.69) is 25.9 Å². The van der Waals surface area contributed by atoms with Crippen LogP contribution < -0.4 is 0 Å². The molecule has 212 valence electrons. The highest BCUT2D eigenvalue weighted by molar-refractivity contribution is 6.36. The number of rotatable bonds is 7. The molecule has 1 N–H and O–H groups in total. The Labute approximate surface area is 239 Å². The maximum absolute atomic E-state index is 14.2. The van der Waals surface area contributed by atoms with E-state index in [-0.39, 0.29) is 63.2 Å². The van der Waals surface area contributed by atoms with Crippen LogP contribution in [0.3, 0.4) is 0 Å². The molecule has 0 aliphatic heterocycles. The van der Waals surface area contributed by atoms with Crippen LogP contribution in [0.25, 0.3) is 0 Å². The maximum atomic E-state index is 14.2. The molecule has 7 atom stereocenters. The van der Waals surface area contributed by atoms with E-state index >= 15 is 0 Å². The largest absolute Gasteiger partial charge is 0.386 e. The van der Waals surface area contributed by atoms with Gasteiger partial charge in [-0.3, -0.25) is 14.3 Å². The van der Waals surface area contributed by atoms with Gasteiger partial charge in [-0.15, -0.1) is 0 Å². The lowest BCUT2D eigenvalue weighted by Gasteiger charge is -2.34. The number of carbonyl (C=O) groups excluding carboxylic acids is 2. The normalized spacial score (nSPS) is 30.1. The van der Waals surface area contributed by atoms with Gasteiger partial charge >= 0.3 is 0 Å². The van der Waals surface area contributed by atoms with Crippen molar-refractivity contribution in [3.05, 3.63) is 51.0 Å². The van der Waals surface area contributed by atoms with Crippen molar-refractivity contribution in [1.29, 1.82) is 0 Å². The third-order valence-electron chi connectivity index (χ3n) is 10.1. The number of aromatic nitrogens is 2. The Balaban J connectivity index is 1.41. The Morgan fingerprint density at radius 3 is 2.49 bits per heavy atom. The Bertz CT molecular complexity index is 1280. The summed E-state index contributed by atoms with van der Waals surface area (Å²) in [6, 6.07) is 2.62.